The summed E-state index contributed by atoms with van der Waals surface area (Å²) >= 11 is 0. The van der Waals surface area contributed by atoms with Crippen LogP contribution < -0.4 is 11.1 Å². The Hall–Kier alpha value is -3.82. The van der Waals surface area contributed by atoms with E-state index in [1.807, 2.05) is 0 Å². The molecule has 0 spiro atoms. The number of furan rings is 1. The first-order valence-corrected chi connectivity index (χ1v) is 7.51. The van der Waals surface area contributed by atoms with Crippen molar-refractivity contribution in [3.63, 3.8) is 0 Å². The molecule has 0 aromatic carbocycles. The maximum atomic E-state index is 12.6. The molecule has 0 radical (unpaired) electrons. The molecule has 132 valence electrons. The van der Waals surface area contributed by atoms with Gasteiger partial charge in [-0.05, 0) is 17.7 Å². The normalized spacial score (nSPS) is 11.7. The van der Waals surface area contributed by atoms with Crippen LogP contribution in [0.25, 0.3) is 5.95 Å². The summed E-state index contributed by atoms with van der Waals surface area (Å²) in [5, 5.41) is 2.50. The van der Waals surface area contributed by atoms with Crippen molar-refractivity contribution < 1.29 is 18.8 Å². The van der Waals surface area contributed by atoms with Crippen LogP contribution >= 0.6 is 0 Å². The molecule has 2 amide bonds. The van der Waals surface area contributed by atoms with E-state index in [1.54, 1.807) is 12.1 Å². The highest BCUT2D eigenvalue weighted by Gasteiger charge is 2.27. The number of imidazole rings is 1. The summed E-state index contributed by atoms with van der Waals surface area (Å²) in [6.07, 6.45) is 8.59. The van der Waals surface area contributed by atoms with E-state index >= 15 is 0 Å². The van der Waals surface area contributed by atoms with Crippen LogP contribution in [0.4, 0.5) is 0 Å². The summed E-state index contributed by atoms with van der Waals surface area (Å²) in [5.74, 6) is -2.44. The molecule has 0 bridgehead atoms. The van der Waals surface area contributed by atoms with Crippen molar-refractivity contribution in [3.8, 4) is 5.95 Å². The van der Waals surface area contributed by atoms with E-state index < -0.39 is 23.6 Å². The van der Waals surface area contributed by atoms with Crippen molar-refractivity contribution >= 4 is 17.6 Å². The third-order valence-electron chi connectivity index (χ3n) is 3.52. The number of carbonyl (C=O) groups excluding carboxylic acids is 3. The monoisotopic (exact) mass is 354 g/mol. The lowest BCUT2D eigenvalue weighted by molar-refractivity contribution is -0.137. The molecular formula is C16H14N6O4. The van der Waals surface area contributed by atoms with E-state index in [4.69, 9.17) is 10.2 Å². The van der Waals surface area contributed by atoms with Gasteiger partial charge in [-0.25, -0.2) is 15.0 Å². The van der Waals surface area contributed by atoms with Crippen LogP contribution in [0.5, 0.6) is 0 Å². The van der Waals surface area contributed by atoms with E-state index in [2.05, 4.69) is 20.3 Å². The highest BCUT2D eigenvalue weighted by Crippen LogP contribution is 2.09. The van der Waals surface area contributed by atoms with Gasteiger partial charge in [0.1, 0.15) is 18.1 Å². The number of nitrogens with one attached hydrogen (secondary N) is 1. The molecule has 0 saturated carbocycles. The average molecular weight is 354 g/mol. The number of Topliss-reactive ketones (excluding diaryl/α,β-unsaturated/α-hetero) is 1. The fourth-order valence-corrected chi connectivity index (χ4v) is 2.30. The van der Waals surface area contributed by atoms with Gasteiger partial charge in [0, 0.05) is 18.8 Å². The number of hydrogen-bond donors (Lipinski definition) is 2. The molecule has 26 heavy (non-hydrogen) atoms. The maximum absolute atomic E-state index is 12.6. The van der Waals surface area contributed by atoms with Crippen molar-refractivity contribution in [3.05, 3.63) is 60.8 Å². The van der Waals surface area contributed by atoms with Crippen molar-refractivity contribution in [1.82, 2.24) is 24.8 Å². The number of aromatic nitrogens is 4. The molecule has 1 atom stereocenters. The summed E-state index contributed by atoms with van der Waals surface area (Å²) < 4.78 is 6.30. The predicted octanol–water partition coefficient (Wildman–Crippen LogP) is -0.349. The molecule has 1 unspecified atom stereocenters. The molecule has 3 N–H and O–H groups in total. The minimum absolute atomic E-state index is 0.0555. The SMILES string of the molecule is NC(=O)C(=O)C(Cc1ccoc1)NC(=O)c1cncn1-c1ncccn1. The number of primary amides is 1. The fraction of sp³-hybridized carbons (Fsp3) is 0.125. The van der Waals surface area contributed by atoms with Crippen LogP contribution in [0.15, 0.2) is 54.0 Å². The number of amides is 2. The number of carbonyl (C=O) groups is 3. The van der Waals surface area contributed by atoms with Crippen molar-refractivity contribution in [1.29, 1.82) is 0 Å². The maximum Gasteiger partial charge on any atom is 0.287 e. The zero-order valence-electron chi connectivity index (χ0n) is 13.4. The van der Waals surface area contributed by atoms with E-state index in [0.29, 0.717) is 5.56 Å². The Morgan fingerprint density at radius 1 is 1.27 bits per heavy atom. The van der Waals surface area contributed by atoms with Gasteiger partial charge in [-0.1, -0.05) is 0 Å². The molecule has 3 aromatic rings. The predicted molar refractivity (Wildman–Crippen MR) is 87.0 cm³/mol. The third kappa shape index (κ3) is 3.64. The molecule has 0 saturated heterocycles. The lowest BCUT2D eigenvalue weighted by Gasteiger charge is -2.15. The van der Waals surface area contributed by atoms with E-state index in [1.165, 1.54) is 42.0 Å². The molecule has 0 aliphatic rings. The largest absolute Gasteiger partial charge is 0.472 e. The zero-order valence-corrected chi connectivity index (χ0v) is 13.4. The standard InChI is InChI=1S/C16H14N6O4/c17-14(24)13(23)11(6-10-2-5-26-8-10)21-15(25)12-7-18-9-22(12)16-19-3-1-4-20-16/h1-5,7-9,11H,6H2,(H2,17,24)(H,21,25). The Kier molecular flexibility index (Phi) is 4.83. The topological polar surface area (TPSA) is 146 Å². The number of rotatable bonds is 7. The van der Waals surface area contributed by atoms with Gasteiger partial charge < -0.3 is 15.5 Å². The number of nitrogens with zero attached hydrogens (tertiary/aromatic N) is 4. The van der Waals surface area contributed by atoms with Crippen LogP contribution in [-0.4, -0.2) is 43.2 Å². The van der Waals surface area contributed by atoms with Crippen LogP contribution in [0, 0.1) is 0 Å². The molecule has 3 heterocycles. The second-order valence-corrected chi connectivity index (χ2v) is 5.29. The van der Waals surface area contributed by atoms with E-state index in [-0.39, 0.29) is 18.1 Å². The molecule has 0 fully saturated rings. The lowest BCUT2D eigenvalue weighted by atomic mass is 10.0. The second-order valence-electron chi connectivity index (χ2n) is 5.29. The van der Waals surface area contributed by atoms with Gasteiger partial charge in [0.05, 0.1) is 18.7 Å². The van der Waals surface area contributed by atoms with Crippen molar-refractivity contribution in [2.24, 2.45) is 5.73 Å². The number of ketones is 1. The van der Waals surface area contributed by atoms with E-state index in [0.717, 1.165) is 0 Å². The average Bonchev–Trinajstić information content (AvgIpc) is 3.32. The van der Waals surface area contributed by atoms with Crippen LogP contribution in [0.1, 0.15) is 16.1 Å². The molecule has 0 aliphatic carbocycles. The molecule has 10 nitrogen and oxygen atoms in total. The number of hydrogen-bond acceptors (Lipinski definition) is 7. The van der Waals surface area contributed by atoms with E-state index in [9.17, 15) is 14.4 Å². The first-order valence-electron chi connectivity index (χ1n) is 7.51. The molecule has 0 aliphatic heterocycles. The summed E-state index contributed by atoms with van der Waals surface area (Å²) in [7, 11) is 0. The Labute approximate surface area is 147 Å². The summed E-state index contributed by atoms with van der Waals surface area (Å²) in [5.41, 5.74) is 5.81. The smallest absolute Gasteiger partial charge is 0.287 e. The first-order chi connectivity index (χ1) is 12.6. The minimum Gasteiger partial charge on any atom is -0.472 e. The fourth-order valence-electron chi connectivity index (χ4n) is 2.30. The van der Waals surface area contributed by atoms with Gasteiger partial charge in [-0.2, -0.15) is 0 Å². The highest BCUT2D eigenvalue weighted by molar-refractivity contribution is 6.38. The molecule has 3 rings (SSSR count). The Morgan fingerprint density at radius 2 is 2.04 bits per heavy atom. The minimum atomic E-state index is -1.14. The summed E-state index contributed by atoms with van der Waals surface area (Å²) in [6, 6.07) is 2.11. The van der Waals surface area contributed by atoms with Gasteiger partial charge in [0.2, 0.25) is 11.7 Å². The van der Waals surface area contributed by atoms with Crippen LogP contribution in [0.2, 0.25) is 0 Å². The third-order valence-corrected chi connectivity index (χ3v) is 3.52. The molecule has 10 heteroatoms. The van der Waals surface area contributed by atoms with Crippen LogP contribution in [-0.2, 0) is 16.0 Å². The Bertz CT molecular complexity index is 919. The highest BCUT2D eigenvalue weighted by atomic mass is 16.3. The van der Waals surface area contributed by atoms with Gasteiger partial charge in [0.15, 0.2) is 0 Å². The molecular weight excluding hydrogens is 340 g/mol. The van der Waals surface area contributed by atoms with Gasteiger partial charge in [0.25, 0.3) is 11.8 Å². The Balaban J connectivity index is 1.83. The van der Waals surface area contributed by atoms with Gasteiger partial charge >= 0.3 is 0 Å². The summed E-state index contributed by atoms with van der Waals surface area (Å²) in [6.45, 7) is 0. The van der Waals surface area contributed by atoms with Gasteiger partial charge in [-0.15, -0.1) is 0 Å². The summed E-state index contributed by atoms with van der Waals surface area (Å²) in [4.78, 5) is 48.0. The lowest BCUT2D eigenvalue weighted by Crippen LogP contribution is -2.47. The Morgan fingerprint density at radius 3 is 2.69 bits per heavy atom. The first kappa shape index (κ1) is 17.0. The van der Waals surface area contributed by atoms with Crippen molar-refractivity contribution in [2.45, 2.75) is 12.5 Å². The van der Waals surface area contributed by atoms with Crippen molar-refractivity contribution in [2.75, 3.05) is 0 Å². The van der Waals surface area contributed by atoms with Gasteiger partial charge in [-0.3, -0.25) is 19.0 Å². The zero-order chi connectivity index (χ0) is 18.5. The second kappa shape index (κ2) is 7.38. The quantitative estimate of drug-likeness (QED) is 0.551. The van der Waals surface area contributed by atoms with Crippen LogP contribution in [0.3, 0.4) is 0 Å². The molecule has 3 aromatic heterocycles. The number of nitrogens with two attached hydrogens (primary N) is 1.